The van der Waals surface area contributed by atoms with Crippen LogP contribution in [0.1, 0.15) is 18.2 Å². The van der Waals surface area contributed by atoms with Crippen LogP contribution in [0.4, 0.5) is 0 Å². The maximum atomic E-state index is 5.79. The number of hydrogen-bond acceptors (Lipinski definition) is 3. The summed E-state index contributed by atoms with van der Waals surface area (Å²) in [6.07, 6.45) is 3.03. The van der Waals surface area contributed by atoms with E-state index in [2.05, 4.69) is 38.9 Å². The lowest BCUT2D eigenvalue weighted by Gasteiger charge is -2.23. The molecule has 0 spiro atoms. The second kappa shape index (κ2) is 4.60. The van der Waals surface area contributed by atoms with Gasteiger partial charge in [0.15, 0.2) is 0 Å². The summed E-state index contributed by atoms with van der Waals surface area (Å²) in [4.78, 5) is 6.81. The molecule has 82 valence electrons. The summed E-state index contributed by atoms with van der Waals surface area (Å²) in [5.41, 5.74) is 6.92. The molecule has 2 atom stereocenters. The minimum absolute atomic E-state index is 0.392. The molecule has 3 nitrogen and oxygen atoms in total. The molecule has 0 aliphatic carbocycles. The zero-order valence-corrected chi connectivity index (χ0v) is 10.4. The lowest BCUT2D eigenvalue weighted by atomic mass is 9.97. The highest BCUT2D eigenvalue weighted by Gasteiger charge is 2.32. The minimum Gasteiger partial charge on any atom is -0.330 e. The van der Waals surface area contributed by atoms with Crippen molar-refractivity contribution in [2.45, 2.75) is 12.5 Å². The molecule has 1 fully saturated rings. The number of halogens is 1. The third kappa shape index (κ3) is 2.22. The van der Waals surface area contributed by atoms with Crippen LogP contribution >= 0.6 is 15.9 Å². The summed E-state index contributed by atoms with van der Waals surface area (Å²) in [6, 6.07) is 4.52. The third-order valence-corrected chi connectivity index (χ3v) is 3.60. The van der Waals surface area contributed by atoms with Gasteiger partial charge in [-0.3, -0.25) is 9.88 Å². The van der Waals surface area contributed by atoms with Crippen molar-refractivity contribution in [1.82, 2.24) is 9.88 Å². The van der Waals surface area contributed by atoms with Gasteiger partial charge in [-0.05, 0) is 60.5 Å². The van der Waals surface area contributed by atoms with Crippen LogP contribution < -0.4 is 5.73 Å². The van der Waals surface area contributed by atoms with Gasteiger partial charge in [-0.25, -0.2) is 0 Å². The fourth-order valence-corrected chi connectivity index (χ4v) is 2.54. The molecule has 15 heavy (non-hydrogen) atoms. The molecule has 2 unspecified atom stereocenters. The van der Waals surface area contributed by atoms with Crippen LogP contribution in [0.25, 0.3) is 0 Å². The van der Waals surface area contributed by atoms with Gasteiger partial charge in [0.1, 0.15) is 0 Å². The van der Waals surface area contributed by atoms with Gasteiger partial charge in [-0.15, -0.1) is 0 Å². The van der Waals surface area contributed by atoms with Crippen LogP contribution in [0.3, 0.4) is 0 Å². The first-order valence-corrected chi connectivity index (χ1v) is 6.03. The Morgan fingerprint density at radius 2 is 2.40 bits per heavy atom. The van der Waals surface area contributed by atoms with E-state index in [-0.39, 0.29) is 0 Å². The van der Waals surface area contributed by atoms with Gasteiger partial charge in [-0.1, -0.05) is 0 Å². The number of aromatic nitrogens is 1. The summed E-state index contributed by atoms with van der Waals surface area (Å²) in [5, 5.41) is 0. The predicted molar refractivity (Wildman–Crippen MR) is 64.5 cm³/mol. The summed E-state index contributed by atoms with van der Waals surface area (Å²) in [6.45, 7) is 1.86. The molecule has 4 heteroatoms. The Labute approximate surface area is 98.8 Å². The largest absolute Gasteiger partial charge is 0.330 e. The van der Waals surface area contributed by atoms with Crippen molar-refractivity contribution >= 4 is 15.9 Å². The van der Waals surface area contributed by atoms with E-state index >= 15 is 0 Å². The van der Waals surface area contributed by atoms with E-state index in [0.717, 1.165) is 23.3 Å². The molecule has 2 N–H and O–H groups in total. The second-order valence-corrected chi connectivity index (χ2v) is 5.03. The fourth-order valence-electron chi connectivity index (χ4n) is 2.30. The fraction of sp³-hybridized carbons (Fsp3) is 0.545. The van der Waals surface area contributed by atoms with Crippen molar-refractivity contribution < 1.29 is 0 Å². The van der Waals surface area contributed by atoms with Crippen LogP contribution in [0.5, 0.6) is 0 Å². The van der Waals surface area contributed by atoms with E-state index in [9.17, 15) is 0 Å². The van der Waals surface area contributed by atoms with Crippen molar-refractivity contribution in [3.63, 3.8) is 0 Å². The Morgan fingerprint density at radius 3 is 3.00 bits per heavy atom. The highest BCUT2D eigenvalue weighted by molar-refractivity contribution is 9.10. The molecule has 2 heterocycles. The van der Waals surface area contributed by atoms with Gasteiger partial charge in [0.2, 0.25) is 0 Å². The standard InChI is InChI=1S/C11H16BrN3/c1-15-5-4-8(6-13)11(15)10-3-2-9(12)7-14-10/h2-3,7-8,11H,4-6,13H2,1H3. The molecule has 1 saturated heterocycles. The van der Waals surface area contributed by atoms with E-state index < -0.39 is 0 Å². The quantitative estimate of drug-likeness (QED) is 0.891. The molecule has 0 amide bonds. The highest BCUT2D eigenvalue weighted by Crippen LogP contribution is 2.34. The van der Waals surface area contributed by atoms with Crippen LogP contribution in [0.2, 0.25) is 0 Å². The molecule has 1 aliphatic rings. The summed E-state index contributed by atoms with van der Waals surface area (Å²) < 4.78 is 1.02. The summed E-state index contributed by atoms with van der Waals surface area (Å²) in [7, 11) is 2.14. The van der Waals surface area contributed by atoms with Gasteiger partial charge in [0.25, 0.3) is 0 Å². The number of pyridine rings is 1. The predicted octanol–water partition coefficient (Wildman–Crippen LogP) is 1.80. The minimum atomic E-state index is 0.392. The number of nitrogens with two attached hydrogens (primary N) is 1. The van der Waals surface area contributed by atoms with E-state index in [4.69, 9.17) is 5.73 Å². The van der Waals surface area contributed by atoms with Crippen molar-refractivity contribution in [2.75, 3.05) is 20.1 Å². The zero-order chi connectivity index (χ0) is 10.8. The Balaban J connectivity index is 2.24. The lowest BCUT2D eigenvalue weighted by Crippen LogP contribution is -2.25. The van der Waals surface area contributed by atoms with Gasteiger partial charge in [-0.2, -0.15) is 0 Å². The van der Waals surface area contributed by atoms with Gasteiger partial charge >= 0.3 is 0 Å². The first-order chi connectivity index (χ1) is 7.22. The molecular weight excluding hydrogens is 254 g/mol. The number of nitrogens with zero attached hydrogens (tertiary/aromatic N) is 2. The lowest BCUT2D eigenvalue weighted by molar-refractivity contribution is 0.274. The van der Waals surface area contributed by atoms with E-state index in [0.29, 0.717) is 12.0 Å². The maximum absolute atomic E-state index is 5.79. The molecule has 0 saturated carbocycles. The van der Waals surface area contributed by atoms with Crippen LogP contribution in [-0.2, 0) is 0 Å². The molecule has 1 aromatic rings. The van der Waals surface area contributed by atoms with Gasteiger partial charge in [0.05, 0.1) is 11.7 Å². The van der Waals surface area contributed by atoms with Crippen molar-refractivity contribution in [3.8, 4) is 0 Å². The second-order valence-electron chi connectivity index (χ2n) is 4.11. The van der Waals surface area contributed by atoms with Crippen LogP contribution in [0.15, 0.2) is 22.8 Å². The first kappa shape index (κ1) is 11.0. The first-order valence-electron chi connectivity index (χ1n) is 5.24. The molecule has 1 aromatic heterocycles. The van der Waals surface area contributed by atoms with Crippen molar-refractivity contribution in [3.05, 3.63) is 28.5 Å². The van der Waals surface area contributed by atoms with Gasteiger partial charge < -0.3 is 5.73 Å². The number of rotatable bonds is 2. The van der Waals surface area contributed by atoms with Crippen molar-refractivity contribution in [2.24, 2.45) is 11.7 Å². The van der Waals surface area contributed by atoms with E-state index in [1.807, 2.05) is 12.3 Å². The summed E-state index contributed by atoms with van der Waals surface area (Å²) in [5.74, 6) is 0.545. The monoisotopic (exact) mass is 269 g/mol. The van der Waals surface area contributed by atoms with Crippen molar-refractivity contribution in [1.29, 1.82) is 0 Å². The number of hydrogen-bond donors (Lipinski definition) is 1. The Bertz CT molecular complexity index is 325. The van der Waals surface area contributed by atoms with Crippen LogP contribution in [0, 0.1) is 5.92 Å². The molecule has 1 aliphatic heterocycles. The SMILES string of the molecule is CN1CCC(CN)C1c1ccc(Br)cn1. The highest BCUT2D eigenvalue weighted by atomic mass is 79.9. The average molecular weight is 270 g/mol. The average Bonchev–Trinajstić information content (AvgIpc) is 2.61. The van der Waals surface area contributed by atoms with Crippen LogP contribution in [-0.4, -0.2) is 30.0 Å². The maximum Gasteiger partial charge on any atom is 0.0579 e. The normalized spacial score (nSPS) is 27.1. The third-order valence-electron chi connectivity index (χ3n) is 3.13. The smallest absolute Gasteiger partial charge is 0.0579 e. The van der Waals surface area contributed by atoms with E-state index in [1.54, 1.807) is 0 Å². The zero-order valence-electron chi connectivity index (χ0n) is 8.86. The Kier molecular flexibility index (Phi) is 3.38. The Hall–Kier alpha value is -0.450. The molecule has 0 radical (unpaired) electrons. The van der Waals surface area contributed by atoms with E-state index in [1.165, 1.54) is 6.42 Å². The molecule has 2 rings (SSSR count). The molecule has 0 bridgehead atoms. The molecular formula is C11H16BrN3. The Morgan fingerprint density at radius 1 is 1.60 bits per heavy atom. The summed E-state index contributed by atoms with van der Waals surface area (Å²) >= 11 is 3.40. The topological polar surface area (TPSA) is 42.1 Å². The number of likely N-dealkylation sites (tertiary alicyclic amines) is 1. The van der Waals surface area contributed by atoms with Gasteiger partial charge in [0, 0.05) is 10.7 Å². The molecule has 0 aromatic carbocycles.